The molecule has 0 bridgehead atoms. The summed E-state index contributed by atoms with van der Waals surface area (Å²) >= 11 is 0. The van der Waals surface area contributed by atoms with Crippen molar-refractivity contribution in [3.8, 4) is 22.3 Å². The Bertz CT molecular complexity index is 2340. The molecule has 0 aliphatic heterocycles. The summed E-state index contributed by atoms with van der Waals surface area (Å²) in [6.07, 6.45) is 14.8. The van der Waals surface area contributed by atoms with Crippen LogP contribution in [0.1, 0.15) is 0 Å². The van der Waals surface area contributed by atoms with E-state index in [0.29, 0.717) is 0 Å². The zero-order chi connectivity index (χ0) is 34.7. The van der Waals surface area contributed by atoms with Crippen LogP contribution in [0.25, 0.3) is 43.8 Å². The van der Waals surface area contributed by atoms with Crippen LogP contribution in [-0.2, 0) is 0 Å². The SMILES string of the molecule is c1ccc(-c2c3ccc(N(c4cccnc4)c4cccnc4)cc3c(-c3ccccc3)c3ccc(N(c4cccnc4)c4cccnc4)cc23)cc1. The minimum absolute atomic E-state index is 0.954. The highest BCUT2D eigenvalue weighted by atomic mass is 15.2. The number of hydrogen-bond acceptors (Lipinski definition) is 6. The van der Waals surface area contributed by atoms with E-state index in [1.807, 2.05) is 49.1 Å². The zero-order valence-corrected chi connectivity index (χ0v) is 28.2. The summed E-state index contributed by atoms with van der Waals surface area (Å²) in [4.78, 5) is 22.3. The maximum Gasteiger partial charge on any atom is 0.0645 e. The lowest BCUT2D eigenvalue weighted by Gasteiger charge is -2.27. The molecule has 0 fully saturated rings. The molecule has 0 amide bonds. The Hall–Kier alpha value is -7.18. The van der Waals surface area contributed by atoms with Gasteiger partial charge >= 0.3 is 0 Å². The third kappa shape index (κ3) is 5.68. The number of nitrogens with zero attached hydrogens (tertiary/aromatic N) is 6. The van der Waals surface area contributed by atoms with Crippen LogP contribution in [0.4, 0.5) is 34.1 Å². The molecule has 0 N–H and O–H groups in total. The molecule has 0 aliphatic carbocycles. The van der Waals surface area contributed by atoms with Gasteiger partial charge in [-0.2, -0.15) is 0 Å². The molecule has 9 aromatic rings. The third-order valence-corrected chi connectivity index (χ3v) is 9.34. The van der Waals surface area contributed by atoms with Crippen LogP contribution < -0.4 is 9.80 Å². The predicted octanol–water partition coefficient (Wildman–Crippen LogP) is 11.8. The zero-order valence-electron chi connectivity index (χ0n) is 28.2. The Morgan fingerprint density at radius 1 is 0.288 bits per heavy atom. The van der Waals surface area contributed by atoms with Gasteiger partial charge in [-0.05, 0) is 117 Å². The van der Waals surface area contributed by atoms with Crippen molar-refractivity contribution in [3.63, 3.8) is 0 Å². The second-order valence-electron chi connectivity index (χ2n) is 12.5. The summed E-state index contributed by atoms with van der Waals surface area (Å²) < 4.78 is 0. The first-order chi connectivity index (χ1) is 25.8. The minimum Gasteiger partial charge on any atom is -0.307 e. The monoisotopic (exact) mass is 668 g/mol. The smallest absolute Gasteiger partial charge is 0.0645 e. The van der Waals surface area contributed by atoms with Gasteiger partial charge in [-0.25, -0.2) is 0 Å². The summed E-state index contributed by atoms with van der Waals surface area (Å²) in [5.41, 5.74) is 10.5. The van der Waals surface area contributed by atoms with Crippen molar-refractivity contribution < 1.29 is 0 Å². The maximum atomic E-state index is 4.47. The van der Waals surface area contributed by atoms with Crippen LogP contribution in [-0.4, -0.2) is 19.9 Å². The molecule has 0 atom stereocenters. The Morgan fingerprint density at radius 2 is 0.635 bits per heavy atom. The molecule has 246 valence electrons. The van der Waals surface area contributed by atoms with Crippen molar-refractivity contribution in [1.82, 2.24) is 19.9 Å². The van der Waals surface area contributed by atoms with E-state index in [1.54, 1.807) is 24.8 Å². The highest BCUT2D eigenvalue weighted by Crippen LogP contribution is 2.48. The molecule has 0 spiro atoms. The largest absolute Gasteiger partial charge is 0.307 e. The van der Waals surface area contributed by atoms with Gasteiger partial charge in [-0.15, -0.1) is 0 Å². The second-order valence-corrected chi connectivity index (χ2v) is 12.5. The number of hydrogen-bond donors (Lipinski definition) is 0. The molecular weight excluding hydrogens is 637 g/mol. The highest BCUT2D eigenvalue weighted by molar-refractivity contribution is 6.22. The number of aromatic nitrogens is 4. The maximum absolute atomic E-state index is 4.47. The Kier molecular flexibility index (Phi) is 8.08. The van der Waals surface area contributed by atoms with Crippen molar-refractivity contribution >= 4 is 55.7 Å². The van der Waals surface area contributed by atoms with E-state index in [1.165, 1.54) is 11.1 Å². The van der Waals surface area contributed by atoms with Crippen LogP contribution in [0, 0.1) is 0 Å². The number of benzene rings is 5. The van der Waals surface area contributed by atoms with Gasteiger partial charge in [0.05, 0.1) is 47.5 Å². The van der Waals surface area contributed by atoms with Gasteiger partial charge in [0.25, 0.3) is 0 Å². The molecule has 6 heteroatoms. The first-order valence-corrected chi connectivity index (χ1v) is 17.2. The van der Waals surface area contributed by atoms with E-state index in [2.05, 4.69) is 151 Å². The molecule has 5 aromatic carbocycles. The lowest BCUT2D eigenvalue weighted by Crippen LogP contribution is -2.11. The van der Waals surface area contributed by atoms with E-state index >= 15 is 0 Å². The topological polar surface area (TPSA) is 58.0 Å². The van der Waals surface area contributed by atoms with Gasteiger partial charge in [0, 0.05) is 36.2 Å². The van der Waals surface area contributed by atoms with Crippen molar-refractivity contribution in [2.24, 2.45) is 0 Å². The molecule has 52 heavy (non-hydrogen) atoms. The summed E-state index contributed by atoms with van der Waals surface area (Å²) in [6.45, 7) is 0. The van der Waals surface area contributed by atoms with Gasteiger partial charge in [-0.3, -0.25) is 19.9 Å². The lowest BCUT2D eigenvalue weighted by atomic mass is 9.85. The molecule has 0 aliphatic rings. The van der Waals surface area contributed by atoms with Crippen LogP contribution in [0.5, 0.6) is 0 Å². The summed E-state index contributed by atoms with van der Waals surface area (Å²) in [6, 6.07) is 51.2. The second kappa shape index (κ2) is 13.6. The first kappa shape index (κ1) is 30.8. The molecule has 0 saturated carbocycles. The van der Waals surface area contributed by atoms with Crippen molar-refractivity contribution in [2.45, 2.75) is 0 Å². The average Bonchev–Trinajstić information content (AvgIpc) is 3.22. The van der Waals surface area contributed by atoms with Crippen LogP contribution in [0.2, 0.25) is 0 Å². The van der Waals surface area contributed by atoms with Gasteiger partial charge < -0.3 is 9.80 Å². The molecule has 0 saturated heterocycles. The lowest BCUT2D eigenvalue weighted by molar-refractivity contribution is 1.20. The van der Waals surface area contributed by atoms with Crippen molar-refractivity contribution in [2.75, 3.05) is 9.80 Å². The molecule has 4 heterocycles. The number of anilines is 6. The number of rotatable bonds is 8. The Balaban J connectivity index is 1.37. The van der Waals surface area contributed by atoms with E-state index in [9.17, 15) is 0 Å². The molecule has 4 aromatic heterocycles. The van der Waals surface area contributed by atoms with Crippen LogP contribution in [0.15, 0.2) is 195 Å². The van der Waals surface area contributed by atoms with Crippen molar-refractivity contribution in [3.05, 3.63) is 195 Å². The van der Waals surface area contributed by atoms with E-state index in [0.717, 1.165) is 66.8 Å². The van der Waals surface area contributed by atoms with Gasteiger partial charge in [-0.1, -0.05) is 72.8 Å². The van der Waals surface area contributed by atoms with E-state index in [4.69, 9.17) is 0 Å². The minimum atomic E-state index is 0.954. The Labute approximate surface area is 302 Å². The first-order valence-electron chi connectivity index (χ1n) is 17.2. The quantitative estimate of drug-likeness (QED) is 0.150. The molecule has 0 unspecified atom stereocenters. The fourth-order valence-electron chi connectivity index (χ4n) is 7.15. The Morgan fingerprint density at radius 3 is 0.942 bits per heavy atom. The predicted molar refractivity (Wildman–Crippen MR) is 213 cm³/mol. The van der Waals surface area contributed by atoms with Crippen LogP contribution >= 0.6 is 0 Å². The van der Waals surface area contributed by atoms with Crippen LogP contribution in [0.3, 0.4) is 0 Å². The van der Waals surface area contributed by atoms with Crippen molar-refractivity contribution in [1.29, 1.82) is 0 Å². The highest BCUT2D eigenvalue weighted by Gasteiger charge is 2.22. The molecule has 6 nitrogen and oxygen atoms in total. The fraction of sp³-hybridized carbons (Fsp3) is 0. The standard InChI is InChI=1S/C46H32N6/c1-3-11-33(12-4-1)45-41-21-19-36(52(39-17-9-25-49-31-39)40-18-10-26-50-32-40)28-44(41)46(34-13-5-2-6-14-34)42-22-20-35(27-43(42)45)51(37-15-7-23-47-29-37)38-16-8-24-48-30-38/h1-32H. The fourth-order valence-corrected chi connectivity index (χ4v) is 7.15. The normalized spacial score (nSPS) is 11.1. The van der Waals surface area contributed by atoms with E-state index in [-0.39, 0.29) is 0 Å². The molecule has 9 rings (SSSR count). The van der Waals surface area contributed by atoms with E-state index < -0.39 is 0 Å². The molecular formula is C46H32N6. The summed E-state index contributed by atoms with van der Waals surface area (Å²) in [5, 5.41) is 4.61. The summed E-state index contributed by atoms with van der Waals surface area (Å²) in [5.74, 6) is 0. The average molecular weight is 669 g/mol. The van der Waals surface area contributed by atoms with Gasteiger partial charge in [0.2, 0.25) is 0 Å². The van der Waals surface area contributed by atoms with Gasteiger partial charge in [0.1, 0.15) is 0 Å². The van der Waals surface area contributed by atoms with Gasteiger partial charge in [0.15, 0.2) is 0 Å². The number of pyridine rings is 4. The molecule has 0 radical (unpaired) electrons. The number of fused-ring (bicyclic) bond motifs is 2. The third-order valence-electron chi connectivity index (χ3n) is 9.34. The summed E-state index contributed by atoms with van der Waals surface area (Å²) in [7, 11) is 0.